The highest BCUT2D eigenvalue weighted by molar-refractivity contribution is 6.58. The highest BCUT2D eigenvalue weighted by Gasteiger charge is 2.20. The minimum absolute atomic E-state index is 0.437. The average Bonchev–Trinajstić information content (AvgIpc) is 3.01. The summed E-state index contributed by atoms with van der Waals surface area (Å²) in [7, 11) is -1.49. The van der Waals surface area contributed by atoms with Crippen molar-refractivity contribution in [2.24, 2.45) is 0 Å². The molecule has 2 aromatic heterocycles. The molecule has 7 heteroatoms. The zero-order valence-electron chi connectivity index (χ0n) is 14.0. The lowest BCUT2D eigenvalue weighted by Gasteiger charge is -2.24. The summed E-state index contributed by atoms with van der Waals surface area (Å²) in [5.41, 5.74) is 2.88. The molecule has 128 valence electrons. The molecule has 0 saturated heterocycles. The third-order valence-corrected chi connectivity index (χ3v) is 4.83. The Morgan fingerprint density at radius 1 is 1.16 bits per heavy atom. The van der Waals surface area contributed by atoms with E-state index in [0.717, 1.165) is 35.6 Å². The van der Waals surface area contributed by atoms with Crippen LogP contribution in [0.4, 0.5) is 5.82 Å². The molecule has 0 spiro atoms. The molecule has 0 unspecified atom stereocenters. The molecule has 1 saturated carbocycles. The first-order chi connectivity index (χ1) is 12.2. The van der Waals surface area contributed by atoms with Crippen LogP contribution in [0.2, 0.25) is 0 Å². The van der Waals surface area contributed by atoms with Gasteiger partial charge in [0.25, 0.3) is 0 Å². The maximum Gasteiger partial charge on any atom is 0.488 e. The molecule has 0 radical (unpaired) electrons. The molecule has 1 aliphatic carbocycles. The summed E-state index contributed by atoms with van der Waals surface area (Å²) in [4.78, 5) is 8.89. The van der Waals surface area contributed by atoms with E-state index in [2.05, 4.69) is 10.3 Å². The zero-order chi connectivity index (χ0) is 17.2. The predicted molar refractivity (Wildman–Crippen MR) is 98.7 cm³/mol. The fraction of sp³-hybridized carbons (Fsp3) is 0.333. The number of anilines is 1. The van der Waals surface area contributed by atoms with Gasteiger partial charge in [-0.25, -0.2) is 4.98 Å². The van der Waals surface area contributed by atoms with E-state index in [0.29, 0.717) is 11.5 Å². The van der Waals surface area contributed by atoms with Crippen LogP contribution in [0.15, 0.2) is 42.9 Å². The van der Waals surface area contributed by atoms with E-state index in [4.69, 9.17) is 4.98 Å². The van der Waals surface area contributed by atoms with Crippen molar-refractivity contribution in [2.45, 2.75) is 38.1 Å². The zero-order valence-corrected chi connectivity index (χ0v) is 14.0. The van der Waals surface area contributed by atoms with Crippen LogP contribution < -0.4 is 10.8 Å². The quantitative estimate of drug-likeness (QED) is 0.633. The van der Waals surface area contributed by atoms with Gasteiger partial charge in [-0.2, -0.15) is 0 Å². The summed E-state index contributed by atoms with van der Waals surface area (Å²) >= 11 is 0. The molecule has 25 heavy (non-hydrogen) atoms. The average molecular weight is 336 g/mol. The van der Waals surface area contributed by atoms with E-state index in [9.17, 15) is 10.0 Å². The number of benzene rings is 1. The van der Waals surface area contributed by atoms with E-state index in [1.165, 1.54) is 19.3 Å². The molecular weight excluding hydrogens is 315 g/mol. The molecule has 6 nitrogen and oxygen atoms in total. The fourth-order valence-electron chi connectivity index (χ4n) is 3.53. The van der Waals surface area contributed by atoms with Crippen LogP contribution in [0.25, 0.3) is 16.9 Å². The molecule has 0 aliphatic heterocycles. The van der Waals surface area contributed by atoms with Crippen molar-refractivity contribution in [3.05, 3.63) is 42.9 Å². The van der Waals surface area contributed by atoms with Crippen molar-refractivity contribution in [3.63, 3.8) is 0 Å². The van der Waals surface area contributed by atoms with Crippen LogP contribution in [0.5, 0.6) is 0 Å². The molecule has 0 bridgehead atoms. The molecule has 1 fully saturated rings. The van der Waals surface area contributed by atoms with Gasteiger partial charge in [-0.15, -0.1) is 0 Å². The van der Waals surface area contributed by atoms with E-state index >= 15 is 0 Å². The molecule has 1 aromatic carbocycles. The van der Waals surface area contributed by atoms with Crippen molar-refractivity contribution < 1.29 is 10.0 Å². The molecule has 2 heterocycles. The van der Waals surface area contributed by atoms with E-state index in [-0.39, 0.29) is 0 Å². The number of nitrogens with one attached hydrogen (secondary N) is 1. The van der Waals surface area contributed by atoms with Crippen LogP contribution in [0, 0.1) is 0 Å². The lowest BCUT2D eigenvalue weighted by atomic mass is 9.79. The lowest BCUT2D eigenvalue weighted by molar-refractivity contribution is 0.426. The van der Waals surface area contributed by atoms with Gasteiger partial charge in [-0.3, -0.25) is 9.38 Å². The Morgan fingerprint density at radius 3 is 2.80 bits per heavy atom. The van der Waals surface area contributed by atoms with Gasteiger partial charge in [0.15, 0.2) is 5.65 Å². The summed E-state index contributed by atoms with van der Waals surface area (Å²) in [6.45, 7) is 0. The SMILES string of the molecule is OB(O)c1cccc(-c2nc3cnccn3c2NC2CCCCC2)c1. The summed E-state index contributed by atoms with van der Waals surface area (Å²) < 4.78 is 2.01. The van der Waals surface area contributed by atoms with Gasteiger partial charge in [0.1, 0.15) is 11.5 Å². The molecule has 0 amide bonds. The van der Waals surface area contributed by atoms with E-state index in [1.54, 1.807) is 24.5 Å². The van der Waals surface area contributed by atoms with Gasteiger partial charge in [0.2, 0.25) is 0 Å². The van der Waals surface area contributed by atoms with E-state index in [1.807, 2.05) is 22.7 Å². The first-order valence-corrected chi connectivity index (χ1v) is 8.77. The Kier molecular flexibility index (Phi) is 4.42. The number of imidazole rings is 1. The second-order valence-electron chi connectivity index (χ2n) is 6.59. The molecule has 3 aromatic rings. The third kappa shape index (κ3) is 3.25. The lowest BCUT2D eigenvalue weighted by Crippen LogP contribution is -2.29. The van der Waals surface area contributed by atoms with Gasteiger partial charge in [-0.1, -0.05) is 43.5 Å². The third-order valence-electron chi connectivity index (χ3n) is 4.83. The summed E-state index contributed by atoms with van der Waals surface area (Å²) in [6, 6.07) is 7.66. The monoisotopic (exact) mass is 336 g/mol. The van der Waals surface area contributed by atoms with Crippen molar-refractivity contribution in [1.82, 2.24) is 14.4 Å². The second kappa shape index (κ2) is 6.86. The standard InChI is InChI=1S/C18H21BN4O2/c24-19(25)14-6-4-5-13(11-14)17-18(21-15-7-2-1-3-8-15)23-10-9-20-12-16(23)22-17/h4-6,9-12,15,21,24-25H,1-3,7-8H2. The number of aromatic nitrogens is 3. The van der Waals surface area contributed by atoms with Gasteiger partial charge in [0, 0.05) is 24.0 Å². The number of hydrogen-bond acceptors (Lipinski definition) is 5. The number of nitrogens with zero attached hydrogens (tertiary/aromatic N) is 3. The van der Waals surface area contributed by atoms with Gasteiger partial charge < -0.3 is 15.4 Å². The smallest absolute Gasteiger partial charge is 0.423 e. The predicted octanol–water partition coefficient (Wildman–Crippen LogP) is 1.82. The van der Waals surface area contributed by atoms with Gasteiger partial charge >= 0.3 is 7.12 Å². The van der Waals surface area contributed by atoms with E-state index < -0.39 is 7.12 Å². The van der Waals surface area contributed by atoms with Crippen molar-refractivity contribution in [2.75, 3.05) is 5.32 Å². The molecule has 1 aliphatic rings. The van der Waals surface area contributed by atoms with Gasteiger partial charge in [-0.05, 0) is 18.3 Å². The highest BCUT2D eigenvalue weighted by atomic mass is 16.4. The molecular formula is C18H21BN4O2. The number of fused-ring (bicyclic) bond motifs is 1. The highest BCUT2D eigenvalue weighted by Crippen LogP contribution is 2.30. The molecule has 0 atom stereocenters. The summed E-state index contributed by atoms with van der Waals surface area (Å²) in [5.74, 6) is 0.939. The topological polar surface area (TPSA) is 82.7 Å². The number of rotatable bonds is 4. The van der Waals surface area contributed by atoms with Crippen LogP contribution >= 0.6 is 0 Å². The number of hydrogen-bond donors (Lipinski definition) is 3. The van der Waals surface area contributed by atoms with Gasteiger partial charge in [0.05, 0.1) is 6.20 Å². The minimum Gasteiger partial charge on any atom is -0.423 e. The Morgan fingerprint density at radius 2 is 2.00 bits per heavy atom. The molecule has 4 rings (SSSR count). The Balaban J connectivity index is 1.79. The minimum atomic E-state index is -1.49. The fourth-order valence-corrected chi connectivity index (χ4v) is 3.53. The van der Waals surface area contributed by atoms with Crippen molar-refractivity contribution in [1.29, 1.82) is 0 Å². The summed E-state index contributed by atoms with van der Waals surface area (Å²) in [5, 5.41) is 22.6. The maximum atomic E-state index is 9.47. The maximum absolute atomic E-state index is 9.47. The Hall–Kier alpha value is -2.38. The Bertz CT molecular complexity index is 874. The van der Waals surface area contributed by atoms with Crippen LogP contribution in [0.3, 0.4) is 0 Å². The first-order valence-electron chi connectivity index (χ1n) is 8.77. The molecule has 3 N–H and O–H groups in total. The normalized spacial score (nSPS) is 15.4. The van der Waals surface area contributed by atoms with Crippen molar-refractivity contribution in [3.8, 4) is 11.3 Å². The first kappa shape index (κ1) is 16.1. The largest absolute Gasteiger partial charge is 0.488 e. The van der Waals surface area contributed by atoms with Crippen LogP contribution in [-0.4, -0.2) is 37.6 Å². The van der Waals surface area contributed by atoms with Crippen molar-refractivity contribution >= 4 is 24.0 Å². The van der Waals surface area contributed by atoms with Crippen LogP contribution in [0.1, 0.15) is 32.1 Å². The summed E-state index contributed by atoms with van der Waals surface area (Å²) in [6.07, 6.45) is 11.5. The Labute approximate surface area is 146 Å². The van der Waals surface area contributed by atoms with Crippen LogP contribution in [-0.2, 0) is 0 Å². The second-order valence-corrected chi connectivity index (χ2v) is 6.59.